The minimum atomic E-state index is 0.489. The van der Waals surface area contributed by atoms with Gasteiger partial charge in [-0.1, -0.05) is 74.2 Å². The molecule has 0 aliphatic heterocycles. The van der Waals surface area contributed by atoms with E-state index in [0.717, 1.165) is 11.8 Å². The molecule has 0 radical (unpaired) electrons. The molecule has 0 heteroatoms. The van der Waals surface area contributed by atoms with Gasteiger partial charge in [-0.15, -0.1) is 0 Å². The van der Waals surface area contributed by atoms with Gasteiger partial charge in [0.25, 0.3) is 0 Å². The largest absolute Gasteiger partial charge is 0.0590 e. The minimum absolute atomic E-state index is 0.489. The number of fused-ring (bicyclic) bond motifs is 10. The number of aryl methyl sites for hydroxylation is 4. The molecule has 0 aromatic heterocycles. The molecule has 0 amide bonds. The maximum absolute atomic E-state index is 2.70. The van der Waals surface area contributed by atoms with Crippen molar-refractivity contribution in [1.29, 1.82) is 0 Å². The average molecular weight is 499 g/mol. The van der Waals surface area contributed by atoms with Crippen molar-refractivity contribution in [2.24, 2.45) is 10.8 Å². The van der Waals surface area contributed by atoms with Crippen LogP contribution in [-0.4, -0.2) is 0 Å². The van der Waals surface area contributed by atoms with Crippen LogP contribution in [0, 0.1) is 24.7 Å². The van der Waals surface area contributed by atoms with Gasteiger partial charge >= 0.3 is 0 Å². The quantitative estimate of drug-likeness (QED) is 0.245. The lowest BCUT2D eigenvalue weighted by atomic mass is 9.64. The molecule has 2 saturated carbocycles. The fraction of sp³-hybridized carbons (Fsp3) is 0.474. The summed E-state index contributed by atoms with van der Waals surface area (Å²) in [6, 6.07) is 20.0. The highest BCUT2D eigenvalue weighted by molar-refractivity contribution is 6.08. The topological polar surface area (TPSA) is 0 Å². The summed E-state index contributed by atoms with van der Waals surface area (Å²) >= 11 is 0. The zero-order valence-electron chi connectivity index (χ0n) is 23.8. The van der Waals surface area contributed by atoms with Crippen molar-refractivity contribution in [2.45, 2.75) is 104 Å². The number of benzene rings is 4. The Morgan fingerprint density at radius 3 is 1.45 bits per heavy atom. The lowest BCUT2D eigenvalue weighted by Crippen LogP contribution is -2.27. The second-order valence-electron chi connectivity index (χ2n) is 14.3. The normalized spacial score (nSPS) is 29.8. The summed E-state index contributed by atoms with van der Waals surface area (Å²) in [6.07, 6.45) is 13.5. The van der Waals surface area contributed by atoms with E-state index in [0.29, 0.717) is 10.8 Å². The Morgan fingerprint density at radius 1 is 0.553 bits per heavy atom. The second kappa shape index (κ2) is 7.97. The molecule has 4 aromatic carbocycles. The van der Waals surface area contributed by atoms with Crippen molar-refractivity contribution in [3.05, 3.63) is 81.9 Å². The standard InChI is InChI=1S/C38H42/c1-23-9-11-25-27-13-17-37(3)15-5-7-35(37)33(27)21-31(29(25)19-23)32-22-34-28(26-12-10-24(2)20-30(26)32)14-18-38(4)16-6-8-36(34)38/h9-12,19-22,35-36H,5-8,13-18H2,1-4H3/t35?,36?,37-,38-/m0/s1. The smallest absolute Gasteiger partial charge is 0.00959 e. The molecule has 0 spiro atoms. The molecule has 4 aromatic rings. The lowest BCUT2D eigenvalue weighted by Gasteiger charge is -2.40. The van der Waals surface area contributed by atoms with Crippen molar-refractivity contribution in [1.82, 2.24) is 0 Å². The van der Waals surface area contributed by atoms with Crippen LogP contribution in [0.15, 0.2) is 48.5 Å². The molecule has 0 N–H and O–H groups in total. The fourth-order valence-corrected chi connectivity index (χ4v) is 9.81. The molecule has 8 rings (SSSR count). The average Bonchev–Trinajstić information content (AvgIpc) is 3.50. The molecule has 0 bridgehead atoms. The highest BCUT2D eigenvalue weighted by Crippen LogP contribution is 2.59. The van der Waals surface area contributed by atoms with Crippen LogP contribution in [0.3, 0.4) is 0 Å². The van der Waals surface area contributed by atoms with E-state index in [2.05, 4.69) is 76.2 Å². The third kappa shape index (κ3) is 3.16. The Bertz CT molecular complexity index is 1510. The Kier molecular flexibility index (Phi) is 4.89. The molecule has 0 heterocycles. The van der Waals surface area contributed by atoms with E-state index >= 15 is 0 Å². The van der Waals surface area contributed by atoms with Crippen molar-refractivity contribution in [3.8, 4) is 11.1 Å². The maximum Gasteiger partial charge on any atom is -0.00959 e. The van der Waals surface area contributed by atoms with Crippen molar-refractivity contribution < 1.29 is 0 Å². The van der Waals surface area contributed by atoms with Crippen LogP contribution in [0.1, 0.15) is 110 Å². The van der Waals surface area contributed by atoms with E-state index in [4.69, 9.17) is 0 Å². The Labute approximate surface area is 228 Å². The Hall–Kier alpha value is -2.60. The van der Waals surface area contributed by atoms with Gasteiger partial charge in [-0.2, -0.15) is 0 Å². The van der Waals surface area contributed by atoms with Crippen molar-refractivity contribution in [2.75, 3.05) is 0 Å². The molecule has 4 aliphatic rings. The van der Waals surface area contributed by atoms with E-state index in [1.54, 1.807) is 22.3 Å². The Balaban J connectivity index is 1.47. The molecule has 2 unspecified atom stereocenters. The summed E-state index contributed by atoms with van der Waals surface area (Å²) in [6.45, 7) is 9.72. The van der Waals surface area contributed by atoms with Crippen LogP contribution >= 0.6 is 0 Å². The summed E-state index contributed by atoms with van der Waals surface area (Å²) in [5, 5.41) is 6.03. The van der Waals surface area contributed by atoms with Crippen molar-refractivity contribution >= 4 is 21.5 Å². The summed E-state index contributed by atoms with van der Waals surface area (Å²) in [5.41, 5.74) is 13.4. The van der Waals surface area contributed by atoms with Crippen LogP contribution in [0.25, 0.3) is 32.7 Å². The van der Waals surface area contributed by atoms with Crippen LogP contribution in [-0.2, 0) is 12.8 Å². The van der Waals surface area contributed by atoms with Gasteiger partial charge in [-0.25, -0.2) is 0 Å². The number of hydrogen-bond donors (Lipinski definition) is 0. The first kappa shape index (κ1) is 23.3. The summed E-state index contributed by atoms with van der Waals surface area (Å²) in [5.74, 6) is 1.44. The molecule has 4 atom stereocenters. The lowest BCUT2D eigenvalue weighted by molar-refractivity contribution is 0.253. The highest BCUT2D eigenvalue weighted by atomic mass is 14.5. The van der Waals surface area contributed by atoms with E-state index in [1.165, 1.54) is 108 Å². The fourth-order valence-electron chi connectivity index (χ4n) is 9.81. The summed E-state index contributed by atoms with van der Waals surface area (Å²) in [4.78, 5) is 0. The van der Waals surface area contributed by atoms with Gasteiger partial charge in [0.15, 0.2) is 0 Å². The van der Waals surface area contributed by atoms with Crippen molar-refractivity contribution in [3.63, 3.8) is 0 Å². The predicted molar refractivity (Wildman–Crippen MR) is 162 cm³/mol. The van der Waals surface area contributed by atoms with Crippen LogP contribution in [0.5, 0.6) is 0 Å². The van der Waals surface area contributed by atoms with E-state index in [1.807, 2.05) is 0 Å². The van der Waals surface area contributed by atoms with E-state index < -0.39 is 0 Å². The van der Waals surface area contributed by atoms with E-state index in [9.17, 15) is 0 Å². The van der Waals surface area contributed by atoms with Gasteiger partial charge in [0.1, 0.15) is 0 Å². The molecular weight excluding hydrogens is 456 g/mol. The first-order chi connectivity index (χ1) is 18.3. The predicted octanol–water partition coefficient (Wildman–Crippen LogP) is 10.7. The van der Waals surface area contributed by atoms with Gasteiger partial charge in [-0.05, 0) is 155 Å². The third-order valence-electron chi connectivity index (χ3n) is 12.0. The number of rotatable bonds is 1. The van der Waals surface area contributed by atoms with Gasteiger partial charge in [0, 0.05) is 0 Å². The van der Waals surface area contributed by atoms with Gasteiger partial charge < -0.3 is 0 Å². The zero-order valence-corrected chi connectivity index (χ0v) is 23.8. The molecule has 0 saturated heterocycles. The number of hydrogen-bond acceptors (Lipinski definition) is 0. The molecule has 38 heavy (non-hydrogen) atoms. The third-order valence-corrected chi connectivity index (χ3v) is 12.0. The zero-order chi connectivity index (χ0) is 25.8. The first-order valence-electron chi connectivity index (χ1n) is 15.5. The molecule has 4 aliphatic carbocycles. The molecular formula is C38H42. The monoisotopic (exact) mass is 498 g/mol. The van der Waals surface area contributed by atoms with E-state index in [-0.39, 0.29) is 0 Å². The highest BCUT2D eigenvalue weighted by Gasteiger charge is 2.45. The van der Waals surface area contributed by atoms with Crippen LogP contribution < -0.4 is 0 Å². The molecule has 194 valence electrons. The molecule has 2 fully saturated rings. The second-order valence-corrected chi connectivity index (χ2v) is 14.3. The summed E-state index contributed by atoms with van der Waals surface area (Å²) < 4.78 is 0. The van der Waals surface area contributed by atoms with Crippen LogP contribution in [0.4, 0.5) is 0 Å². The first-order valence-corrected chi connectivity index (χ1v) is 15.5. The summed E-state index contributed by atoms with van der Waals surface area (Å²) in [7, 11) is 0. The molecule has 0 nitrogen and oxygen atoms in total. The Morgan fingerprint density at radius 2 is 1.00 bits per heavy atom. The van der Waals surface area contributed by atoms with Gasteiger partial charge in [-0.3, -0.25) is 0 Å². The van der Waals surface area contributed by atoms with Crippen LogP contribution in [0.2, 0.25) is 0 Å². The maximum atomic E-state index is 2.70. The van der Waals surface area contributed by atoms with Gasteiger partial charge in [0.05, 0.1) is 0 Å². The SMILES string of the molecule is Cc1ccc2c3c(cc(-c4cc5c(c6ccc(C)cc46)CC[C@]4(C)CCCC54)c2c1)C1CCC[C@@]1(C)CC3. The van der Waals surface area contributed by atoms with Gasteiger partial charge in [0.2, 0.25) is 0 Å². The minimum Gasteiger partial charge on any atom is -0.0590 e.